The number of ketones is 2. The van der Waals surface area contributed by atoms with Gasteiger partial charge in [-0.05, 0) is 6.42 Å². The van der Waals surface area contributed by atoms with Crippen LogP contribution in [0, 0.1) is 22.7 Å². The van der Waals surface area contributed by atoms with Crippen molar-refractivity contribution in [2.75, 3.05) is 11.9 Å². The summed E-state index contributed by atoms with van der Waals surface area (Å²) in [5.41, 5.74) is -0.157. The standard InChI is InChI=1S/C20H15N3O3/c1-2-3-8-23-17-13(9-21)14(10-22)20(26)16-15(17)18(24)11-6-4-5-7-12(11)19(16)25/h4-7,23,26H,2-3,8H2,1H3. The van der Waals surface area contributed by atoms with Gasteiger partial charge in [0.15, 0.2) is 11.6 Å². The molecule has 0 bridgehead atoms. The van der Waals surface area contributed by atoms with Crippen LogP contribution < -0.4 is 5.32 Å². The highest BCUT2D eigenvalue weighted by Gasteiger charge is 2.37. The van der Waals surface area contributed by atoms with Crippen molar-refractivity contribution in [2.24, 2.45) is 0 Å². The molecule has 0 unspecified atom stereocenters. The normalized spacial score (nSPS) is 12.0. The van der Waals surface area contributed by atoms with Gasteiger partial charge in [0.2, 0.25) is 0 Å². The number of fused-ring (bicyclic) bond motifs is 2. The molecule has 3 rings (SSSR count). The molecule has 0 spiro atoms. The Morgan fingerprint density at radius 3 is 2.12 bits per heavy atom. The maximum atomic E-state index is 13.0. The van der Waals surface area contributed by atoms with E-state index in [1.807, 2.05) is 13.0 Å². The smallest absolute Gasteiger partial charge is 0.198 e. The van der Waals surface area contributed by atoms with E-state index in [1.165, 1.54) is 12.1 Å². The molecule has 0 saturated heterocycles. The predicted molar refractivity (Wildman–Crippen MR) is 94.2 cm³/mol. The Morgan fingerprint density at radius 1 is 1.00 bits per heavy atom. The van der Waals surface area contributed by atoms with Gasteiger partial charge in [0.25, 0.3) is 0 Å². The summed E-state index contributed by atoms with van der Waals surface area (Å²) in [4.78, 5) is 25.9. The fraction of sp³-hybridized carbons (Fsp3) is 0.200. The zero-order chi connectivity index (χ0) is 18.8. The highest BCUT2D eigenvalue weighted by molar-refractivity contribution is 6.31. The molecule has 2 aromatic rings. The third-order valence-corrected chi connectivity index (χ3v) is 4.40. The second kappa shape index (κ2) is 6.70. The Balaban J connectivity index is 2.36. The van der Waals surface area contributed by atoms with E-state index in [9.17, 15) is 25.2 Å². The van der Waals surface area contributed by atoms with Gasteiger partial charge >= 0.3 is 0 Å². The molecule has 0 radical (unpaired) electrons. The fourth-order valence-electron chi connectivity index (χ4n) is 3.12. The molecular formula is C20H15N3O3. The van der Waals surface area contributed by atoms with Gasteiger partial charge in [-0.2, -0.15) is 10.5 Å². The van der Waals surface area contributed by atoms with Gasteiger partial charge < -0.3 is 10.4 Å². The number of aromatic hydroxyl groups is 1. The first-order chi connectivity index (χ1) is 12.6. The van der Waals surface area contributed by atoms with Crippen molar-refractivity contribution in [3.8, 4) is 17.9 Å². The van der Waals surface area contributed by atoms with Crippen molar-refractivity contribution in [3.05, 3.63) is 57.6 Å². The van der Waals surface area contributed by atoms with Crippen LogP contribution in [0.2, 0.25) is 0 Å². The SMILES string of the molecule is CCCCNc1c(C#N)c(C#N)c(O)c2c1C(=O)c1ccccc1C2=O. The lowest BCUT2D eigenvalue weighted by Gasteiger charge is -2.23. The number of rotatable bonds is 4. The summed E-state index contributed by atoms with van der Waals surface area (Å²) < 4.78 is 0. The Hall–Kier alpha value is -3.64. The Morgan fingerprint density at radius 2 is 1.58 bits per heavy atom. The van der Waals surface area contributed by atoms with E-state index in [0.717, 1.165) is 12.8 Å². The van der Waals surface area contributed by atoms with Gasteiger partial charge in [-0.15, -0.1) is 0 Å². The lowest BCUT2D eigenvalue weighted by molar-refractivity contribution is 0.0977. The highest BCUT2D eigenvalue weighted by atomic mass is 16.3. The van der Waals surface area contributed by atoms with Crippen LogP contribution in [0.1, 0.15) is 62.7 Å². The van der Waals surface area contributed by atoms with Crippen LogP contribution in [0.3, 0.4) is 0 Å². The number of hydrogen-bond acceptors (Lipinski definition) is 6. The van der Waals surface area contributed by atoms with E-state index in [4.69, 9.17) is 0 Å². The molecule has 0 heterocycles. The molecule has 2 aromatic carbocycles. The second-order valence-electron chi connectivity index (χ2n) is 5.93. The molecule has 1 aliphatic rings. The summed E-state index contributed by atoms with van der Waals surface area (Å²) in [5.74, 6) is -1.61. The Labute approximate surface area is 150 Å². The number of nitrogens with one attached hydrogen (secondary N) is 1. The molecule has 26 heavy (non-hydrogen) atoms. The first kappa shape index (κ1) is 17.2. The summed E-state index contributed by atoms with van der Waals surface area (Å²) in [6.07, 6.45) is 1.66. The van der Waals surface area contributed by atoms with Gasteiger partial charge in [0.1, 0.15) is 23.5 Å². The van der Waals surface area contributed by atoms with Crippen LogP contribution in [0.4, 0.5) is 5.69 Å². The van der Waals surface area contributed by atoms with Crippen LogP contribution in [-0.4, -0.2) is 23.2 Å². The van der Waals surface area contributed by atoms with Crippen molar-refractivity contribution < 1.29 is 14.7 Å². The number of nitriles is 2. The molecule has 0 amide bonds. The van der Waals surface area contributed by atoms with E-state index in [2.05, 4.69) is 5.32 Å². The lowest BCUT2D eigenvalue weighted by Crippen LogP contribution is -2.24. The summed E-state index contributed by atoms with van der Waals surface area (Å²) in [7, 11) is 0. The molecular weight excluding hydrogens is 330 g/mol. The van der Waals surface area contributed by atoms with Crippen LogP contribution in [-0.2, 0) is 0 Å². The number of anilines is 1. The van der Waals surface area contributed by atoms with Gasteiger partial charge in [0.05, 0.1) is 22.4 Å². The third kappa shape index (κ3) is 2.40. The average Bonchev–Trinajstić information content (AvgIpc) is 2.66. The van der Waals surface area contributed by atoms with E-state index in [-0.39, 0.29) is 39.1 Å². The zero-order valence-electron chi connectivity index (χ0n) is 14.1. The quantitative estimate of drug-likeness (QED) is 0.555. The van der Waals surface area contributed by atoms with E-state index >= 15 is 0 Å². The summed E-state index contributed by atoms with van der Waals surface area (Å²) in [6.45, 7) is 2.46. The number of phenols is 1. The molecule has 0 aliphatic heterocycles. The molecule has 0 fully saturated rings. The van der Waals surface area contributed by atoms with Crippen LogP contribution in [0.15, 0.2) is 24.3 Å². The predicted octanol–water partition coefficient (Wildman–Crippen LogP) is 3.12. The van der Waals surface area contributed by atoms with E-state index < -0.39 is 17.3 Å². The molecule has 0 aromatic heterocycles. The molecule has 2 N–H and O–H groups in total. The Kier molecular flexibility index (Phi) is 4.43. The van der Waals surface area contributed by atoms with E-state index in [1.54, 1.807) is 18.2 Å². The number of carbonyl (C=O) groups is 2. The van der Waals surface area contributed by atoms with Crippen molar-refractivity contribution in [1.82, 2.24) is 0 Å². The summed E-state index contributed by atoms with van der Waals surface area (Å²) in [6, 6.07) is 9.98. The molecule has 0 atom stereocenters. The average molecular weight is 345 g/mol. The maximum absolute atomic E-state index is 13.0. The lowest BCUT2D eigenvalue weighted by atomic mass is 9.80. The van der Waals surface area contributed by atoms with Crippen molar-refractivity contribution in [1.29, 1.82) is 10.5 Å². The number of unbranched alkanes of at least 4 members (excludes halogenated alkanes) is 1. The molecule has 128 valence electrons. The number of hydrogen-bond donors (Lipinski definition) is 2. The zero-order valence-corrected chi connectivity index (χ0v) is 14.1. The highest BCUT2D eigenvalue weighted by Crippen LogP contribution is 2.41. The number of nitrogens with zero attached hydrogens (tertiary/aromatic N) is 2. The topological polar surface area (TPSA) is 114 Å². The summed E-state index contributed by atoms with van der Waals surface area (Å²) >= 11 is 0. The largest absolute Gasteiger partial charge is 0.506 e. The van der Waals surface area contributed by atoms with Gasteiger partial charge in [-0.25, -0.2) is 0 Å². The number of phenolic OH excluding ortho intramolecular Hbond substituents is 1. The molecule has 6 heteroatoms. The third-order valence-electron chi connectivity index (χ3n) is 4.40. The minimum atomic E-state index is -0.618. The van der Waals surface area contributed by atoms with Crippen LogP contribution >= 0.6 is 0 Å². The van der Waals surface area contributed by atoms with Crippen molar-refractivity contribution in [3.63, 3.8) is 0 Å². The van der Waals surface area contributed by atoms with Gasteiger partial charge in [0, 0.05) is 17.7 Å². The van der Waals surface area contributed by atoms with Crippen molar-refractivity contribution >= 4 is 17.3 Å². The van der Waals surface area contributed by atoms with Gasteiger partial charge in [-0.1, -0.05) is 37.6 Å². The molecule has 6 nitrogen and oxygen atoms in total. The van der Waals surface area contributed by atoms with Crippen LogP contribution in [0.25, 0.3) is 0 Å². The fourth-order valence-corrected chi connectivity index (χ4v) is 3.12. The molecule has 1 aliphatic carbocycles. The van der Waals surface area contributed by atoms with Crippen molar-refractivity contribution in [2.45, 2.75) is 19.8 Å². The minimum Gasteiger partial charge on any atom is -0.506 e. The van der Waals surface area contributed by atoms with Crippen LogP contribution in [0.5, 0.6) is 5.75 Å². The minimum absolute atomic E-state index is 0.0437. The second-order valence-corrected chi connectivity index (χ2v) is 5.93. The Bertz CT molecular complexity index is 1030. The number of carbonyl (C=O) groups excluding carboxylic acids is 2. The van der Waals surface area contributed by atoms with E-state index in [0.29, 0.717) is 6.54 Å². The maximum Gasteiger partial charge on any atom is 0.198 e. The number of benzene rings is 2. The van der Waals surface area contributed by atoms with Gasteiger partial charge in [-0.3, -0.25) is 9.59 Å². The molecule has 0 saturated carbocycles. The first-order valence-electron chi connectivity index (χ1n) is 8.22. The monoisotopic (exact) mass is 345 g/mol. The summed E-state index contributed by atoms with van der Waals surface area (Å²) in [5, 5.41) is 32.4. The first-order valence-corrected chi connectivity index (χ1v) is 8.22.